The van der Waals surface area contributed by atoms with Crippen LogP contribution in [0.2, 0.25) is 0 Å². The van der Waals surface area contributed by atoms with Crippen LogP contribution in [0, 0.1) is 13.8 Å². The molecule has 1 aliphatic heterocycles. The summed E-state index contributed by atoms with van der Waals surface area (Å²) in [7, 11) is 0. The number of rotatable bonds is 4. The van der Waals surface area contributed by atoms with E-state index in [1.54, 1.807) is 4.90 Å². The lowest BCUT2D eigenvalue weighted by molar-refractivity contribution is -0.134. The molecular weight excluding hydrogens is 426 g/mol. The van der Waals surface area contributed by atoms with Crippen molar-refractivity contribution in [2.75, 3.05) is 0 Å². The molecule has 2 aromatic heterocycles. The van der Waals surface area contributed by atoms with Crippen LogP contribution in [-0.4, -0.2) is 32.9 Å². The van der Waals surface area contributed by atoms with Gasteiger partial charge in [-0.2, -0.15) is 0 Å². The molecule has 1 atom stereocenters. The summed E-state index contributed by atoms with van der Waals surface area (Å²) in [5.41, 5.74) is 3.32. The zero-order valence-electron chi connectivity index (χ0n) is 20.5. The van der Waals surface area contributed by atoms with Gasteiger partial charge in [0.1, 0.15) is 17.0 Å². The second kappa shape index (κ2) is 8.97. The molecule has 6 heteroatoms. The summed E-state index contributed by atoms with van der Waals surface area (Å²) in [6.07, 6.45) is 8.04. The minimum atomic E-state index is -1.01. The van der Waals surface area contributed by atoms with Gasteiger partial charge in [-0.05, 0) is 44.7 Å². The van der Waals surface area contributed by atoms with Crippen LogP contribution in [0.4, 0.5) is 0 Å². The molecule has 1 aliphatic carbocycles. The molecule has 180 valence electrons. The SMILES string of the molecule is Cc1cc2c(cc3n2CC(C)(C(=O)NC2CCCCCCC2)N(Cc2ccccc2C)C3=O)o1. The van der Waals surface area contributed by atoms with E-state index in [-0.39, 0.29) is 17.9 Å². The normalized spacial score (nSPS) is 21.9. The zero-order valence-corrected chi connectivity index (χ0v) is 20.5. The van der Waals surface area contributed by atoms with E-state index in [1.807, 2.05) is 61.7 Å². The number of nitrogens with zero attached hydrogens (tertiary/aromatic N) is 2. The quantitative estimate of drug-likeness (QED) is 0.558. The number of carbonyl (C=O) groups is 2. The average Bonchev–Trinajstić information content (AvgIpc) is 3.30. The average molecular weight is 462 g/mol. The van der Waals surface area contributed by atoms with E-state index >= 15 is 0 Å². The molecule has 6 nitrogen and oxygen atoms in total. The van der Waals surface area contributed by atoms with Crippen LogP contribution in [0.15, 0.2) is 40.8 Å². The summed E-state index contributed by atoms with van der Waals surface area (Å²) in [6, 6.07) is 12.0. The van der Waals surface area contributed by atoms with Gasteiger partial charge in [0.05, 0.1) is 12.1 Å². The van der Waals surface area contributed by atoms with Crippen LogP contribution in [0.3, 0.4) is 0 Å². The van der Waals surface area contributed by atoms with E-state index in [9.17, 15) is 9.59 Å². The van der Waals surface area contributed by atoms with E-state index in [4.69, 9.17) is 4.42 Å². The lowest BCUT2D eigenvalue weighted by atomic mass is 9.91. The smallest absolute Gasteiger partial charge is 0.271 e. The highest BCUT2D eigenvalue weighted by Gasteiger charge is 2.48. The lowest BCUT2D eigenvalue weighted by Crippen LogP contribution is -2.64. The van der Waals surface area contributed by atoms with Crippen LogP contribution < -0.4 is 5.32 Å². The van der Waals surface area contributed by atoms with Gasteiger partial charge in [0.2, 0.25) is 5.91 Å². The fraction of sp³-hybridized carbons (Fsp3) is 0.500. The summed E-state index contributed by atoms with van der Waals surface area (Å²) in [5.74, 6) is 0.609. The maximum Gasteiger partial charge on any atom is 0.271 e. The molecular formula is C28H35N3O3. The molecule has 0 bridgehead atoms. The molecule has 0 spiro atoms. The number of nitrogens with one attached hydrogen (secondary N) is 1. The van der Waals surface area contributed by atoms with Crippen molar-refractivity contribution in [1.82, 2.24) is 14.8 Å². The molecule has 3 aromatic rings. The monoisotopic (exact) mass is 461 g/mol. The van der Waals surface area contributed by atoms with Gasteiger partial charge < -0.3 is 19.2 Å². The number of hydrogen-bond acceptors (Lipinski definition) is 3. The number of furan rings is 1. The van der Waals surface area contributed by atoms with Gasteiger partial charge in [-0.15, -0.1) is 0 Å². The number of aromatic nitrogens is 1. The Bertz CT molecular complexity index is 1210. The Labute approximate surface area is 201 Å². The zero-order chi connectivity index (χ0) is 23.9. The van der Waals surface area contributed by atoms with Gasteiger partial charge >= 0.3 is 0 Å². The highest BCUT2D eigenvalue weighted by atomic mass is 16.3. The first kappa shape index (κ1) is 22.8. The van der Waals surface area contributed by atoms with Gasteiger partial charge in [0.25, 0.3) is 5.91 Å². The van der Waals surface area contributed by atoms with Crippen molar-refractivity contribution < 1.29 is 14.0 Å². The first-order chi connectivity index (χ1) is 16.4. The Balaban J connectivity index is 1.52. The largest absolute Gasteiger partial charge is 0.460 e. The third-order valence-corrected chi connectivity index (χ3v) is 7.76. The fourth-order valence-electron chi connectivity index (χ4n) is 5.61. The van der Waals surface area contributed by atoms with E-state index in [0.717, 1.165) is 48.1 Å². The second-order valence-electron chi connectivity index (χ2n) is 10.3. The number of aryl methyl sites for hydroxylation is 2. The number of benzene rings is 1. The van der Waals surface area contributed by atoms with Crippen LogP contribution in [0.1, 0.15) is 79.2 Å². The molecule has 1 aromatic carbocycles. The summed E-state index contributed by atoms with van der Waals surface area (Å²) in [4.78, 5) is 29.6. The van der Waals surface area contributed by atoms with Crippen molar-refractivity contribution in [3.8, 4) is 0 Å². The van der Waals surface area contributed by atoms with E-state index in [0.29, 0.717) is 24.4 Å². The van der Waals surface area contributed by atoms with Crippen molar-refractivity contribution in [2.45, 2.75) is 90.4 Å². The summed E-state index contributed by atoms with van der Waals surface area (Å²) >= 11 is 0. The molecule has 2 aliphatic rings. The van der Waals surface area contributed by atoms with Gasteiger partial charge in [0, 0.05) is 24.7 Å². The standard InChI is InChI=1S/C28H35N3O3/c1-19-11-9-10-12-21(19)17-31-26(32)24-16-25-23(15-20(2)34-25)30(24)18-28(31,3)27(33)29-22-13-7-5-4-6-8-14-22/h9-12,15-16,22H,4-8,13-14,17-18H2,1-3H3,(H,29,33). The number of fused-ring (bicyclic) bond motifs is 3. The summed E-state index contributed by atoms with van der Waals surface area (Å²) in [5, 5.41) is 3.35. The van der Waals surface area contributed by atoms with E-state index in [2.05, 4.69) is 5.32 Å². The van der Waals surface area contributed by atoms with Gasteiger partial charge in [-0.3, -0.25) is 9.59 Å². The van der Waals surface area contributed by atoms with Crippen molar-refractivity contribution >= 4 is 22.9 Å². The predicted molar refractivity (Wildman–Crippen MR) is 133 cm³/mol. The third-order valence-electron chi connectivity index (χ3n) is 7.76. The van der Waals surface area contributed by atoms with Crippen molar-refractivity contribution in [3.05, 3.63) is 59.0 Å². The first-order valence-electron chi connectivity index (χ1n) is 12.6. The Morgan fingerprint density at radius 1 is 1.09 bits per heavy atom. The molecule has 0 saturated heterocycles. The Morgan fingerprint density at radius 3 is 2.53 bits per heavy atom. The maximum atomic E-state index is 13.9. The summed E-state index contributed by atoms with van der Waals surface area (Å²) < 4.78 is 7.80. The molecule has 3 heterocycles. The minimum Gasteiger partial charge on any atom is -0.460 e. The Hall–Kier alpha value is -3.02. The maximum absolute atomic E-state index is 13.9. The van der Waals surface area contributed by atoms with Crippen molar-refractivity contribution in [1.29, 1.82) is 0 Å². The van der Waals surface area contributed by atoms with Gasteiger partial charge in [0.15, 0.2) is 5.58 Å². The minimum absolute atomic E-state index is 0.0623. The van der Waals surface area contributed by atoms with Crippen LogP contribution >= 0.6 is 0 Å². The number of carbonyl (C=O) groups excluding carboxylic acids is 2. The van der Waals surface area contributed by atoms with E-state index < -0.39 is 5.54 Å². The molecule has 1 fully saturated rings. The fourth-order valence-corrected chi connectivity index (χ4v) is 5.61. The lowest BCUT2D eigenvalue weighted by Gasteiger charge is -2.45. The molecule has 2 amide bonds. The van der Waals surface area contributed by atoms with Crippen LogP contribution in [0.25, 0.3) is 11.1 Å². The first-order valence-corrected chi connectivity index (χ1v) is 12.6. The Morgan fingerprint density at radius 2 is 1.79 bits per heavy atom. The molecule has 5 rings (SSSR count). The van der Waals surface area contributed by atoms with Gasteiger partial charge in [-0.25, -0.2) is 0 Å². The second-order valence-corrected chi connectivity index (χ2v) is 10.3. The predicted octanol–water partition coefficient (Wildman–Crippen LogP) is 5.49. The topological polar surface area (TPSA) is 67.5 Å². The Kier molecular flexibility index (Phi) is 6.00. The number of hydrogen-bond donors (Lipinski definition) is 1. The van der Waals surface area contributed by atoms with Gasteiger partial charge in [-0.1, -0.05) is 56.4 Å². The molecule has 1 saturated carbocycles. The number of amides is 2. The molecule has 1 N–H and O–H groups in total. The highest BCUT2D eigenvalue weighted by molar-refractivity contribution is 6.03. The van der Waals surface area contributed by atoms with Crippen LogP contribution in [-0.2, 0) is 17.9 Å². The molecule has 0 radical (unpaired) electrons. The van der Waals surface area contributed by atoms with Crippen molar-refractivity contribution in [2.24, 2.45) is 0 Å². The molecule has 1 unspecified atom stereocenters. The van der Waals surface area contributed by atoms with Crippen LogP contribution in [0.5, 0.6) is 0 Å². The summed E-state index contributed by atoms with van der Waals surface area (Å²) in [6.45, 7) is 6.67. The highest BCUT2D eigenvalue weighted by Crippen LogP contribution is 2.35. The third kappa shape index (κ3) is 4.04. The van der Waals surface area contributed by atoms with E-state index in [1.165, 1.54) is 19.3 Å². The molecule has 34 heavy (non-hydrogen) atoms. The van der Waals surface area contributed by atoms with Crippen molar-refractivity contribution in [3.63, 3.8) is 0 Å².